The summed E-state index contributed by atoms with van der Waals surface area (Å²) < 4.78 is 0. The predicted octanol–water partition coefficient (Wildman–Crippen LogP) is 4.88. The minimum atomic E-state index is -0.522. The summed E-state index contributed by atoms with van der Waals surface area (Å²) in [6.45, 7) is 4.97. The Morgan fingerprint density at radius 2 is 1.92 bits per heavy atom. The van der Waals surface area contributed by atoms with Gasteiger partial charge in [-0.3, -0.25) is 9.59 Å². The molecular weight excluding hydrogens is 468 g/mol. The van der Waals surface area contributed by atoms with Crippen molar-refractivity contribution in [2.75, 3.05) is 32.7 Å². The molecule has 2 unspecified atom stereocenters. The lowest BCUT2D eigenvalue weighted by atomic mass is 9.89. The number of fused-ring (bicyclic) bond motifs is 1. The molecule has 37 heavy (non-hydrogen) atoms. The maximum absolute atomic E-state index is 13.4. The highest BCUT2D eigenvalue weighted by molar-refractivity contribution is 5.95. The van der Waals surface area contributed by atoms with Gasteiger partial charge in [-0.2, -0.15) is 10.0 Å². The molecule has 3 aliphatic rings. The first-order valence-electron chi connectivity index (χ1n) is 13.3. The van der Waals surface area contributed by atoms with E-state index in [0.717, 1.165) is 49.2 Å². The SMILES string of the molecule is CCCN(CCCN=O)C(=O)C1=CC2CC=C(c3ccc(C(=O)N4CCCC4)cc3)C=C2NC(N=N)C1. The number of amides is 2. The average molecular weight is 505 g/mol. The van der Waals surface area contributed by atoms with E-state index in [1.165, 1.54) is 0 Å². The molecule has 1 saturated heterocycles. The summed E-state index contributed by atoms with van der Waals surface area (Å²) in [5, 5.41) is 10.0. The molecule has 1 aromatic carbocycles. The number of allylic oxidation sites excluding steroid dienone is 4. The molecule has 9 heteroatoms. The van der Waals surface area contributed by atoms with Gasteiger partial charge >= 0.3 is 0 Å². The molecule has 2 heterocycles. The number of hydrogen-bond donors (Lipinski definition) is 2. The van der Waals surface area contributed by atoms with Gasteiger partial charge in [0.25, 0.3) is 5.91 Å². The third kappa shape index (κ3) is 6.39. The lowest BCUT2D eigenvalue weighted by Gasteiger charge is -2.23. The summed E-state index contributed by atoms with van der Waals surface area (Å²) in [5.74, 6) is 0.0235. The van der Waals surface area contributed by atoms with Crippen molar-refractivity contribution in [1.29, 1.82) is 5.53 Å². The second-order valence-electron chi connectivity index (χ2n) is 9.86. The second-order valence-corrected chi connectivity index (χ2v) is 9.86. The first-order chi connectivity index (χ1) is 18.0. The fourth-order valence-electron chi connectivity index (χ4n) is 5.24. The van der Waals surface area contributed by atoms with Crippen LogP contribution in [0.15, 0.2) is 64.1 Å². The van der Waals surface area contributed by atoms with Gasteiger partial charge in [0.2, 0.25) is 5.91 Å². The topological polar surface area (TPSA) is 118 Å². The Morgan fingerprint density at radius 3 is 2.59 bits per heavy atom. The lowest BCUT2D eigenvalue weighted by Crippen LogP contribution is -2.35. The van der Waals surface area contributed by atoms with E-state index in [1.54, 1.807) is 4.90 Å². The van der Waals surface area contributed by atoms with Gasteiger partial charge in [0.1, 0.15) is 6.17 Å². The van der Waals surface area contributed by atoms with Gasteiger partial charge in [-0.1, -0.05) is 36.4 Å². The first-order valence-corrected chi connectivity index (χ1v) is 13.3. The summed E-state index contributed by atoms with van der Waals surface area (Å²) in [4.78, 5) is 40.3. The van der Waals surface area contributed by atoms with Crippen LogP contribution in [0.4, 0.5) is 0 Å². The summed E-state index contributed by atoms with van der Waals surface area (Å²) in [7, 11) is 0. The van der Waals surface area contributed by atoms with Crippen LogP contribution < -0.4 is 5.32 Å². The third-order valence-corrected chi connectivity index (χ3v) is 7.20. The molecule has 0 bridgehead atoms. The van der Waals surface area contributed by atoms with E-state index in [9.17, 15) is 14.5 Å². The number of nitroso groups, excluding NO2 is 1. The van der Waals surface area contributed by atoms with Crippen LogP contribution >= 0.6 is 0 Å². The zero-order valence-corrected chi connectivity index (χ0v) is 21.5. The van der Waals surface area contributed by atoms with Crippen molar-refractivity contribution in [2.24, 2.45) is 16.2 Å². The predicted molar refractivity (Wildman–Crippen MR) is 143 cm³/mol. The van der Waals surface area contributed by atoms with Crippen molar-refractivity contribution >= 4 is 17.4 Å². The van der Waals surface area contributed by atoms with Crippen molar-refractivity contribution in [1.82, 2.24) is 15.1 Å². The van der Waals surface area contributed by atoms with Crippen molar-refractivity contribution in [2.45, 2.75) is 51.6 Å². The van der Waals surface area contributed by atoms with Crippen LogP contribution in [0.5, 0.6) is 0 Å². The Kier molecular flexibility index (Phi) is 8.98. The standard InChI is InChI=1S/C28H36N6O3/c1-2-13-33(16-5-12-30-37)28(36)24-17-23-11-10-22(18-25(23)31-26(19-24)32-29)20-6-8-21(9-7-20)27(35)34-14-3-4-15-34/h6-10,17-18,23,26,29,31H,2-5,11-16,19H2,1H3. The molecule has 2 atom stereocenters. The molecule has 4 rings (SSSR count). The average Bonchev–Trinajstić information content (AvgIpc) is 3.40. The van der Waals surface area contributed by atoms with Gasteiger partial charge < -0.3 is 15.1 Å². The minimum absolute atomic E-state index is 0.00872. The molecule has 0 aromatic heterocycles. The summed E-state index contributed by atoms with van der Waals surface area (Å²) >= 11 is 0. The Labute approximate surface area is 218 Å². The highest BCUT2D eigenvalue weighted by atomic mass is 16.3. The number of likely N-dealkylation sites (tertiary alicyclic amines) is 1. The number of nitrogens with one attached hydrogen (secondary N) is 2. The molecule has 0 saturated carbocycles. The van der Waals surface area contributed by atoms with E-state index in [2.05, 4.69) is 27.8 Å². The Bertz CT molecular complexity index is 1100. The van der Waals surface area contributed by atoms with Gasteiger partial charge in [-0.25, -0.2) is 5.53 Å². The maximum atomic E-state index is 13.4. The van der Waals surface area contributed by atoms with Gasteiger partial charge in [-0.05, 0) is 61.4 Å². The van der Waals surface area contributed by atoms with Crippen LogP contribution in [0.25, 0.3) is 5.57 Å². The highest BCUT2D eigenvalue weighted by Gasteiger charge is 2.29. The molecule has 196 valence electrons. The van der Waals surface area contributed by atoms with Gasteiger partial charge in [0.15, 0.2) is 0 Å². The number of rotatable bonds is 10. The number of carbonyl (C=O) groups is 2. The van der Waals surface area contributed by atoms with Crippen LogP contribution in [-0.4, -0.2) is 60.5 Å². The summed E-state index contributed by atoms with van der Waals surface area (Å²) in [6, 6.07) is 7.75. The highest BCUT2D eigenvalue weighted by Crippen LogP contribution is 2.33. The molecular formula is C28H36N6O3. The molecule has 2 amide bonds. The van der Waals surface area contributed by atoms with Crippen molar-refractivity contribution in [3.63, 3.8) is 0 Å². The number of hydrogen-bond acceptors (Lipinski definition) is 7. The van der Waals surface area contributed by atoms with Crippen LogP contribution in [0.1, 0.15) is 61.4 Å². The fraction of sp³-hybridized carbons (Fsp3) is 0.500. The third-order valence-electron chi connectivity index (χ3n) is 7.20. The largest absolute Gasteiger partial charge is 0.365 e. The second kappa shape index (κ2) is 12.6. The quantitative estimate of drug-likeness (QED) is 0.268. The molecule has 1 fully saturated rings. The fourth-order valence-corrected chi connectivity index (χ4v) is 5.24. The first kappa shape index (κ1) is 26.4. The molecule has 2 aliphatic heterocycles. The number of nitrogens with zero attached hydrogens (tertiary/aromatic N) is 4. The minimum Gasteiger partial charge on any atom is -0.365 e. The van der Waals surface area contributed by atoms with Crippen LogP contribution in [0, 0.1) is 16.4 Å². The van der Waals surface area contributed by atoms with Crippen LogP contribution in [0.2, 0.25) is 0 Å². The van der Waals surface area contributed by atoms with Gasteiger partial charge in [-0.15, -0.1) is 0 Å². The van der Waals surface area contributed by atoms with Crippen molar-refractivity contribution < 1.29 is 9.59 Å². The maximum Gasteiger partial charge on any atom is 0.253 e. The van der Waals surface area contributed by atoms with E-state index < -0.39 is 6.17 Å². The van der Waals surface area contributed by atoms with Crippen molar-refractivity contribution in [3.05, 3.63) is 69.8 Å². The smallest absolute Gasteiger partial charge is 0.253 e. The van der Waals surface area contributed by atoms with E-state index in [0.29, 0.717) is 43.5 Å². The van der Waals surface area contributed by atoms with E-state index in [4.69, 9.17) is 5.53 Å². The zero-order valence-electron chi connectivity index (χ0n) is 21.5. The molecule has 9 nitrogen and oxygen atoms in total. The van der Waals surface area contributed by atoms with Crippen molar-refractivity contribution in [3.8, 4) is 0 Å². The summed E-state index contributed by atoms with van der Waals surface area (Å²) in [5.41, 5.74) is 12.0. The molecule has 0 spiro atoms. The molecule has 1 aliphatic carbocycles. The Hall–Kier alpha value is -3.62. The van der Waals surface area contributed by atoms with Crippen LogP contribution in [-0.2, 0) is 4.79 Å². The van der Waals surface area contributed by atoms with Gasteiger partial charge in [0, 0.05) is 55.4 Å². The van der Waals surface area contributed by atoms with Crippen LogP contribution in [0.3, 0.4) is 0 Å². The molecule has 2 N–H and O–H groups in total. The monoisotopic (exact) mass is 504 g/mol. The number of carbonyl (C=O) groups excluding carboxylic acids is 2. The van der Waals surface area contributed by atoms with Gasteiger partial charge in [0.05, 0.1) is 6.54 Å². The number of benzene rings is 1. The van der Waals surface area contributed by atoms with E-state index in [1.807, 2.05) is 42.2 Å². The molecule has 0 radical (unpaired) electrons. The zero-order chi connectivity index (χ0) is 26.2. The summed E-state index contributed by atoms with van der Waals surface area (Å²) in [6.07, 6.45) is 10.3. The normalized spacial score (nSPS) is 21.0. The molecule has 1 aromatic rings. The Morgan fingerprint density at radius 1 is 1.16 bits per heavy atom. The van der Waals surface area contributed by atoms with E-state index >= 15 is 0 Å². The lowest BCUT2D eigenvalue weighted by molar-refractivity contribution is -0.127. The van der Waals surface area contributed by atoms with E-state index in [-0.39, 0.29) is 24.3 Å². The Balaban J connectivity index is 1.51.